The number of nitrogens with one attached hydrogen (secondary N) is 1. The van der Waals surface area contributed by atoms with Crippen molar-refractivity contribution in [3.8, 4) is 23.0 Å². The van der Waals surface area contributed by atoms with Crippen LogP contribution in [0.1, 0.15) is 5.69 Å². The zero-order chi connectivity index (χ0) is 19.2. The second-order valence-electron chi connectivity index (χ2n) is 5.74. The average molecular weight is 367 g/mol. The zero-order valence-corrected chi connectivity index (χ0v) is 14.9. The molecule has 0 spiro atoms. The van der Waals surface area contributed by atoms with Gasteiger partial charge >= 0.3 is 0 Å². The number of benzene rings is 2. The van der Waals surface area contributed by atoms with E-state index < -0.39 is 0 Å². The lowest BCUT2D eigenvalue weighted by Crippen LogP contribution is -2.20. The molecule has 1 heterocycles. The van der Waals surface area contributed by atoms with Gasteiger partial charge in [0.2, 0.25) is 5.88 Å². The summed E-state index contributed by atoms with van der Waals surface area (Å²) in [6, 6.07) is 14.4. The van der Waals surface area contributed by atoms with Crippen LogP contribution in [0.5, 0.6) is 11.6 Å². The van der Waals surface area contributed by atoms with Crippen molar-refractivity contribution >= 4 is 11.6 Å². The van der Waals surface area contributed by atoms with Gasteiger partial charge in [-0.05, 0) is 55.5 Å². The molecule has 27 heavy (non-hydrogen) atoms. The Morgan fingerprint density at radius 3 is 2.44 bits per heavy atom. The Bertz CT molecular complexity index is 928. The largest absolute Gasteiger partial charge is 0.497 e. The molecule has 0 saturated carbocycles. The maximum Gasteiger partial charge on any atom is 0.262 e. The van der Waals surface area contributed by atoms with E-state index in [4.69, 9.17) is 9.47 Å². The summed E-state index contributed by atoms with van der Waals surface area (Å²) in [4.78, 5) is 20.7. The number of carbonyl (C=O) groups is 1. The summed E-state index contributed by atoms with van der Waals surface area (Å²) >= 11 is 0. The van der Waals surface area contributed by atoms with Crippen LogP contribution < -0.4 is 14.8 Å². The molecule has 0 aliphatic heterocycles. The minimum absolute atomic E-state index is 0.203. The Labute approximate surface area is 156 Å². The SMILES string of the molecule is COc1ccc(NC(=O)COc2cc(C)nc(-c3ccc(F)cc3)n2)cc1. The summed E-state index contributed by atoms with van der Waals surface area (Å²) < 4.78 is 23.6. The zero-order valence-electron chi connectivity index (χ0n) is 14.9. The maximum atomic E-state index is 13.1. The minimum Gasteiger partial charge on any atom is -0.497 e. The topological polar surface area (TPSA) is 73.3 Å². The molecular weight excluding hydrogens is 349 g/mol. The Morgan fingerprint density at radius 1 is 1.07 bits per heavy atom. The van der Waals surface area contributed by atoms with Crippen molar-refractivity contribution in [3.05, 3.63) is 66.1 Å². The highest BCUT2D eigenvalue weighted by Gasteiger charge is 2.09. The third-order valence-electron chi connectivity index (χ3n) is 3.66. The molecule has 1 aromatic heterocycles. The van der Waals surface area contributed by atoms with Gasteiger partial charge in [0, 0.05) is 23.0 Å². The fourth-order valence-electron chi connectivity index (χ4n) is 2.35. The predicted octanol–water partition coefficient (Wildman–Crippen LogP) is 3.62. The van der Waals surface area contributed by atoms with Crippen LogP contribution in [-0.4, -0.2) is 29.6 Å². The van der Waals surface area contributed by atoms with E-state index in [1.807, 2.05) is 0 Å². The van der Waals surface area contributed by atoms with Gasteiger partial charge in [0.05, 0.1) is 7.11 Å². The molecule has 6 nitrogen and oxygen atoms in total. The van der Waals surface area contributed by atoms with Crippen LogP contribution in [0, 0.1) is 12.7 Å². The predicted molar refractivity (Wildman–Crippen MR) is 99.3 cm³/mol. The molecule has 0 saturated heterocycles. The molecule has 0 unspecified atom stereocenters. The molecule has 1 N–H and O–H groups in total. The second-order valence-corrected chi connectivity index (χ2v) is 5.74. The molecule has 2 aromatic carbocycles. The summed E-state index contributed by atoms with van der Waals surface area (Å²) in [7, 11) is 1.57. The lowest BCUT2D eigenvalue weighted by molar-refractivity contribution is -0.118. The first-order chi connectivity index (χ1) is 13.0. The maximum absolute atomic E-state index is 13.1. The van der Waals surface area contributed by atoms with Crippen LogP contribution in [0.25, 0.3) is 11.4 Å². The van der Waals surface area contributed by atoms with Gasteiger partial charge < -0.3 is 14.8 Å². The highest BCUT2D eigenvalue weighted by molar-refractivity contribution is 5.91. The quantitative estimate of drug-likeness (QED) is 0.720. The Kier molecular flexibility index (Phi) is 5.61. The summed E-state index contributed by atoms with van der Waals surface area (Å²) in [6.45, 7) is 1.59. The number of aryl methyl sites for hydroxylation is 1. The smallest absolute Gasteiger partial charge is 0.262 e. The molecule has 0 aliphatic carbocycles. The van der Waals surface area contributed by atoms with Crippen molar-refractivity contribution in [1.29, 1.82) is 0 Å². The van der Waals surface area contributed by atoms with Crippen LogP contribution in [0.15, 0.2) is 54.6 Å². The number of hydrogen-bond acceptors (Lipinski definition) is 5. The van der Waals surface area contributed by atoms with E-state index in [0.717, 1.165) is 0 Å². The van der Waals surface area contributed by atoms with E-state index in [2.05, 4.69) is 15.3 Å². The van der Waals surface area contributed by atoms with Crippen LogP contribution in [0.3, 0.4) is 0 Å². The standard InChI is InChI=1S/C20H18FN3O3/c1-13-11-19(24-20(22-13)14-3-5-15(21)6-4-14)27-12-18(25)23-16-7-9-17(26-2)10-8-16/h3-11H,12H2,1-2H3,(H,23,25). The number of methoxy groups -OCH3 is 1. The summed E-state index contributed by atoms with van der Waals surface area (Å²) in [5.74, 6) is 0.721. The van der Waals surface area contributed by atoms with Crippen molar-refractivity contribution in [3.63, 3.8) is 0 Å². The van der Waals surface area contributed by atoms with Crippen LogP contribution >= 0.6 is 0 Å². The minimum atomic E-state index is -0.335. The summed E-state index contributed by atoms with van der Waals surface area (Å²) in [5, 5.41) is 2.73. The number of nitrogens with zero attached hydrogens (tertiary/aromatic N) is 2. The van der Waals surface area contributed by atoms with E-state index in [1.54, 1.807) is 56.5 Å². The number of rotatable bonds is 6. The van der Waals surface area contributed by atoms with Gasteiger partial charge in [0.25, 0.3) is 5.91 Å². The molecule has 1 amide bonds. The van der Waals surface area contributed by atoms with E-state index in [9.17, 15) is 9.18 Å². The monoisotopic (exact) mass is 367 g/mol. The molecule has 7 heteroatoms. The van der Waals surface area contributed by atoms with Crippen molar-refractivity contribution in [2.24, 2.45) is 0 Å². The van der Waals surface area contributed by atoms with Gasteiger partial charge in [-0.1, -0.05) is 0 Å². The van der Waals surface area contributed by atoms with Gasteiger partial charge in [-0.2, -0.15) is 4.98 Å². The molecule has 0 bridgehead atoms. The highest BCUT2D eigenvalue weighted by atomic mass is 19.1. The third kappa shape index (κ3) is 5.01. The number of hydrogen-bond donors (Lipinski definition) is 1. The first-order valence-electron chi connectivity index (χ1n) is 8.22. The number of carbonyl (C=O) groups excluding carboxylic acids is 1. The number of ether oxygens (including phenoxy) is 2. The fraction of sp³-hybridized carbons (Fsp3) is 0.150. The van der Waals surface area contributed by atoms with Crippen LogP contribution in [-0.2, 0) is 4.79 Å². The first kappa shape index (κ1) is 18.3. The Hall–Kier alpha value is -3.48. The molecule has 0 atom stereocenters. The van der Waals surface area contributed by atoms with E-state index in [0.29, 0.717) is 28.5 Å². The van der Waals surface area contributed by atoms with Crippen molar-refractivity contribution in [1.82, 2.24) is 9.97 Å². The van der Waals surface area contributed by atoms with E-state index in [1.165, 1.54) is 12.1 Å². The highest BCUT2D eigenvalue weighted by Crippen LogP contribution is 2.20. The summed E-state index contributed by atoms with van der Waals surface area (Å²) in [6.07, 6.45) is 0. The Balaban J connectivity index is 1.64. The molecular formula is C20H18FN3O3. The van der Waals surface area contributed by atoms with Crippen molar-refractivity contribution in [2.75, 3.05) is 19.0 Å². The number of anilines is 1. The van der Waals surface area contributed by atoms with Crippen molar-refractivity contribution in [2.45, 2.75) is 6.92 Å². The number of aromatic nitrogens is 2. The Morgan fingerprint density at radius 2 is 1.78 bits per heavy atom. The van der Waals surface area contributed by atoms with E-state index >= 15 is 0 Å². The molecule has 3 rings (SSSR count). The lowest BCUT2D eigenvalue weighted by atomic mass is 10.2. The lowest BCUT2D eigenvalue weighted by Gasteiger charge is -2.09. The fourth-order valence-corrected chi connectivity index (χ4v) is 2.35. The number of amides is 1. The third-order valence-corrected chi connectivity index (χ3v) is 3.66. The molecule has 0 fully saturated rings. The molecule has 0 aliphatic rings. The molecule has 3 aromatic rings. The van der Waals surface area contributed by atoms with Gasteiger partial charge in [-0.3, -0.25) is 4.79 Å². The molecule has 0 radical (unpaired) electrons. The van der Waals surface area contributed by atoms with Gasteiger partial charge in [0.15, 0.2) is 12.4 Å². The molecule has 138 valence electrons. The van der Waals surface area contributed by atoms with Gasteiger partial charge in [-0.15, -0.1) is 0 Å². The van der Waals surface area contributed by atoms with E-state index in [-0.39, 0.29) is 24.2 Å². The first-order valence-corrected chi connectivity index (χ1v) is 8.22. The summed E-state index contributed by atoms with van der Waals surface area (Å²) in [5.41, 5.74) is 1.97. The normalized spacial score (nSPS) is 10.3. The average Bonchev–Trinajstić information content (AvgIpc) is 2.67. The number of halogens is 1. The van der Waals surface area contributed by atoms with Crippen LogP contribution in [0.2, 0.25) is 0 Å². The van der Waals surface area contributed by atoms with Gasteiger partial charge in [0.1, 0.15) is 11.6 Å². The van der Waals surface area contributed by atoms with Crippen molar-refractivity contribution < 1.29 is 18.7 Å². The van der Waals surface area contributed by atoms with Gasteiger partial charge in [-0.25, -0.2) is 9.37 Å². The van der Waals surface area contributed by atoms with Crippen LogP contribution in [0.4, 0.5) is 10.1 Å². The second kappa shape index (κ2) is 8.27.